The summed E-state index contributed by atoms with van der Waals surface area (Å²) >= 11 is 3.59. The van der Waals surface area contributed by atoms with E-state index >= 15 is 0 Å². The molecule has 0 fully saturated rings. The maximum absolute atomic E-state index is 2.29. The molecule has 0 aliphatic heterocycles. The Hall–Kier alpha value is -1.90. The molecule has 0 nitrogen and oxygen atoms in total. The van der Waals surface area contributed by atoms with Crippen molar-refractivity contribution in [3.8, 4) is 0 Å². The average Bonchev–Trinajstić information content (AvgIpc) is 3.12. The number of hydrogen-bond acceptors (Lipinski definition) is 2. The van der Waals surface area contributed by atoms with Gasteiger partial charge in [-0.1, -0.05) is 36.4 Å². The average molecular weight is 292 g/mol. The van der Waals surface area contributed by atoms with E-state index in [1.54, 1.807) is 11.3 Å². The first-order valence-electron chi connectivity index (χ1n) is 6.52. The minimum absolute atomic E-state index is 1.26. The van der Waals surface area contributed by atoms with E-state index in [2.05, 4.69) is 71.4 Å². The Kier molecular flexibility index (Phi) is 2.91. The molecule has 0 bridgehead atoms. The Morgan fingerprint density at radius 2 is 1.60 bits per heavy atom. The second-order valence-corrected chi connectivity index (χ2v) is 6.61. The number of rotatable bonds is 2. The van der Waals surface area contributed by atoms with Crippen LogP contribution in [0.2, 0.25) is 0 Å². The second kappa shape index (κ2) is 4.89. The van der Waals surface area contributed by atoms with Crippen LogP contribution in [-0.2, 0) is 0 Å². The van der Waals surface area contributed by atoms with E-state index < -0.39 is 0 Å². The van der Waals surface area contributed by atoms with Gasteiger partial charge in [-0.05, 0) is 46.2 Å². The molecule has 0 saturated carbocycles. The number of fused-ring (bicyclic) bond motifs is 3. The van der Waals surface area contributed by atoms with E-state index in [1.807, 2.05) is 11.3 Å². The molecule has 4 rings (SSSR count). The van der Waals surface area contributed by atoms with E-state index in [4.69, 9.17) is 0 Å². The Bertz CT molecular complexity index is 896. The summed E-state index contributed by atoms with van der Waals surface area (Å²) in [6.07, 6.45) is 4.36. The lowest BCUT2D eigenvalue weighted by Crippen LogP contribution is -1.72. The van der Waals surface area contributed by atoms with Crippen LogP contribution < -0.4 is 0 Å². The number of thiophene rings is 2. The third-order valence-electron chi connectivity index (χ3n) is 3.41. The smallest absolute Gasteiger partial charge is 0.0355 e. The van der Waals surface area contributed by atoms with Gasteiger partial charge in [0.15, 0.2) is 0 Å². The van der Waals surface area contributed by atoms with Crippen LogP contribution in [0.1, 0.15) is 11.1 Å². The van der Waals surface area contributed by atoms with Crippen LogP contribution in [0, 0.1) is 0 Å². The molecule has 2 heterocycles. The largest absolute Gasteiger partial charge is 0.152 e. The lowest BCUT2D eigenvalue weighted by atomic mass is 10.1. The van der Waals surface area contributed by atoms with Gasteiger partial charge in [-0.2, -0.15) is 11.3 Å². The predicted octanol–water partition coefficient (Wildman–Crippen LogP) is 6.29. The van der Waals surface area contributed by atoms with Crippen LogP contribution >= 0.6 is 22.7 Å². The fourth-order valence-electron chi connectivity index (χ4n) is 2.41. The van der Waals surface area contributed by atoms with Crippen molar-refractivity contribution in [2.45, 2.75) is 0 Å². The normalized spacial score (nSPS) is 11.8. The van der Waals surface area contributed by atoms with Gasteiger partial charge in [0, 0.05) is 20.2 Å². The molecule has 2 heteroatoms. The fourth-order valence-corrected chi connectivity index (χ4v) is 4.12. The van der Waals surface area contributed by atoms with Crippen LogP contribution in [0.25, 0.3) is 32.3 Å². The highest BCUT2D eigenvalue weighted by Crippen LogP contribution is 2.34. The first-order valence-corrected chi connectivity index (χ1v) is 8.28. The first-order chi connectivity index (χ1) is 9.90. The molecule has 0 atom stereocenters. The second-order valence-electron chi connectivity index (χ2n) is 4.74. The van der Waals surface area contributed by atoms with Crippen molar-refractivity contribution in [2.75, 3.05) is 0 Å². The van der Waals surface area contributed by atoms with Crippen molar-refractivity contribution in [2.24, 2.45) is 0 Å². The van der Waals surface area contributed by atoms with Crippen molar-refractivity contribution in [1.82, 2.24) is 0 Å². The molecule has 0 spiro atoms. The van der Waals surface area contributed by atoms with Gasteiger partial charge in [0.25, 0.3) is 0 Å². The fraction of sp³-hybridized carbons (Fsp3) is 0. The maximum Gasteiger partial charge on any atom is 0.0355 e. The van der Waals surface area contributed by atoms with Crippen LogP contribution in [0.3, 0.4) is 0 Å². The quantitative estimate of drug-likeness (QED) is 0.407. The standard InChI is InChI=1S/C18H12S2/c1-2-4-17-15(3-1)16-11-13(7-8-18(16)20-17)5-6-14-9-10-19-12-14/h1-12H/b6-5+. The van der Waals surface area contributed by atoms with Crippen molar-refractivity contribution >= 4 is 55.0 Å². The van der Waals surface area contributed by atoms with Gasteiger partial charge < -0.3 is 0 Å². The first kappa shape index (κ1) is 11.9. The van der Waals surface area contributed by atoms with E-state index in [0.717, 1.165) is 0 Å². The molecule has 20 heavy (non-hydrogen) atoms. The zero-order chi connectivity index (χ0) is 13.4. The van der Waals surface area contributed by atoms with Crippen LogP contribution in [0.4, 0.5) is 0 Å². The number of benzene rings is 2. The van der Waals surface area contributed by atoms with E-state index in [-0.39, 0.29) is 0 Å². The third-order valence-corrected chi connectivity index (χ3v) is 5.27. The van der Waals surface area contributed by atoms with Crippen LogP contribution in [0.15, 0.2) is 59.3 Å². The van der Waals surface area contributed by atoms with Gasteiger partial charge >= 0.3 is 0 Å². The van der Waals surface area contributed by atoms with Crippen LogP contribution in [-0.4, -0.2) is 0 Å². The summed E-state index contributed by atoms with van der Waals surface area (Å²) in [5.74, 6) is 0. The topological polar surface area (TPSA) is 0 Å². The van der Waals surface area contributed by atoms with E-state index in [1.165, 1.54) is 31.3 Å². The Labute approximate surface area is 125 Å². The molecule has 0 unspecified atom stereocenters. The minimum Gasteiger partial charge on any atom is -0.152 e. The van der Waals surface area contributed by atoms with Crippen LogP contribution in [0.5, 0.6) is 0 Å². The molecule has 4 aromatic rings. The lowest BCUT2D eigenvalue weighted by molar-refractivity contribution is 1.77. The summed E-state index contributed by atoms with van der Waals surface area (Å²) in [5.41, 5.74) is 2.53. The highest BCUT2D eigenvalue weighted by molar-refractivity contribution is 7.25. The number of hydrogen-bond donors (Lipinski definition) is 0. The van der Waals surface area contributed by atoms with Gasteiger partial charge in [0.05, 0.1) is 0 Å². The highest BCUT2D eigenvalue weighted by Gasteiger charge is 2.03. The van der Waals surface area contributed by atoms with Gasteiger partial charge in [-0.15, -0.1) is 11.3 Å². The molecule has 0 aliphatic rings. The van der Waals surface area contributed by atoms with Crippen molar-refractivity contribution in [1.29, 1.82) is 0 Å². The van der Waals surface area contributed by atoms with Gasteiger partial charge in [-0.3, -0.25) is 0 Å². The van der Waals surface area contributed by atoms with Gasteiger partial charge in [0.1, 0.15) is 0 Å². The minimum atomic E-state index is 1.26. The maximum atomic E-state index is 2.29. The molecule has 0 amide bonds. The molecular formula is C18H12S2. The van der Waals surface area contributed by atoms with E-state index in [9.17, 15) is 0 Å². The highest BCUT2D eigenvalue weighted by atomic mass is 32.1. The SMILES string of the molecule is C(=C\c1ccc2sc3ccccc3c2c1)/c1ccsc1. The summed E-state index contributed by atoms with van der Waals surface area (Å²) in [6, 6.07) is 17.5. The monoisotopic (exact) mass is 292 g/mol. The van der Waals surface area contributed by atoms with Crippen molar-refractivity contribution in [3.63, 3.8) is 0 Å². The Balaban J connectivity index is 1.83. The molecule has 0 saturated heterocycles. The molecule has 0 radical (unpaired) electrons. The predicted molar refractivity (Wildman–Crippen MR) is 92.6 cm³/mol. The molecule has 2 aromatic carbocycles. The zero-order valence-electron chi connectivity index (χ0n) is 10.7. The summed E-state index contributed by atoms with van der Waals surface area (Å²) < 4.78 is 2.72. The van der Waals surface area contributed by atoms with Crippen molar-refractivity contribution < 1.29 is 0 Å². The Morgan fingerprint density at radius 1 is 0.750 bits per heavy atom. The molecule has 96 valence electrons. The van der Waals surface area contributed by atoms with Gasteiger partial charge in [0.2, 0.25) is 0 Å². The molecule has 2 aromatic heterocycles. The summed E-state index contributed by atoms with van der Waals surface area (Å²) in [6.45, 7) is 0. The molecule has 0 aliphatic carbocycles. The Morgan fingerprint density at radius 3 is 2.50 bits per heavy atom. The molecule has 0 N–H and O–H groups in total. The molecular weight excluding hydrogens is 280 g/mol. The zero-order valence-corrected chi connectivity index (χ0v) is 12.4. The summed E-state index contributed by atoms with van der Waals surface area (Å²) in [7, 11) is 0. The lowest BCUT2D eigenvalue weighted by Gasteiger charge is -1.95. The summed E-state index contributed by atoms with van der Waals surface area (Å²) in [4.78, 5) is 0. The van der Waals surface area contributed by atoms with E-state index in [0.29, 0.717) is 0 Å². The summed E-state index contributed by atoms with van der Waals surface area (Å²) in [5, 5.41) is 6.99. The van der Waals surface area contributed by atoms with Gasteiger partial charge in [-0.25, -0.2) is 0 Å². The third kappa shape index (κ3) is 2.07. The van der Waals surface area contributed by atoms with Crippen molar-refractivity contribution in [3.05, 3.63) is 70.4 Å².